The van der Waals surface area contributed by atoms with Crippen LogP contribution in [0, 0.1) is 0 Å². The summed E-state index contributed by atoms with van der Waals surface area (Å²) >= 11 is 0. The van der Waals surface area contributed by atoms with Crippen LogP contribution in [0.1, 0.15) is 18.4 Å². The van der Waals surface area contributed by atoms with Gasteiger partial charge in [-0.15, -0.1) is 0 Å². The van der Waals surface area contributed by atoms with Crippen LogP contribution in [0.15, 0.2) is 161 Å². The molecule has 50 heavy (non-hydrogen) atoms. The minimum absolute atomic E-state index is 0.597. The largest absolute Gasteiger partial charge is 0.456 e. The number of hydrogen-bond donors (Lipinski definition) is 0. The number of allylic oxidation sites excluding steroid dienone is 4. The van der Waals surface area contributed by atoms with Crippen molar-refractivity contribution in [2.24, 2.45) is 0 Å². The van der Waals surface area contributed by atoms with Crippen molar-refractivity contribution in [3.05, 3.63) is 157 Å². The van der Waals surface area contributed by atoms with Gasteiger partial charge in [-0.25, -0.2) is 15.0 Å². The van der Waals surface area contributed by atoms with Crippen molar-refractivity contribution in [1.82, 2.24) is 15.0 Å². The van der Waals surface area contributed by atoms with E-state index in [0.29, 0.717) is 17.5 Å². The molecular formula is C45H29N3O2. The topological polar surface area (TPSA) is 65.0 Å². The molecule has 0 radical (unpaired) electrons. The molecule has 6 aromatic carbocycles. The molecule has 9 aromatic rings. The van der Waals surface area contributed by atoms with Crippen LogP contribution in [-0.2, 0) is 0 Å². The van der Waals surface area contributed by atoms with E-state index < -0.39 is 0 Å². The Bertz CT molecular complexity index is 2810. The standard InChI is InChI=1S/C45H29N3O2/c1-3-11-28(12-4-1)29-21-23-31(24-22-29)44-46-43(30-13-5-2-6-14-30)47-45(48-44)37-18-10-20-39-41(37)36-26-25-32(27-40(36)49-39)33-16-9-17-35-34-15-7-8-19-38(34)50-42(33)35/h2-3,5-27H,1,4H2. The van der Waals surface area contributed by atoms with E-state index in [-0.39, 0.29) is 0 Å². The molecule has 1 aliphatic carbocycles. The van der Waals surface area contributed by atoms with E-state index in [4.69, 9.17) is 23.8 Å². The first-order valence-corrected chi connectivity index (χ1v) is 16.9. The van der Waals surface area contributed by atoms with Gasteiger partial charge in [-0.05, 0) is 53.8 Å². The molecular weight excluding hydrogens is 615 g/mol. The van der Waals surface area contributed by atoms with Crippen LogP contribution in [-0.4, -0.2) is 15.0 Å². The Kier molecular flexibility index (Phi) is 6.56. The van der Waals surface area contributed by atoms with Gasteiger partial charge in [0, 0.05) is 43.8 Å². The zero-order valence-corrected chi connectivity index (χ0v) is 27.0. The summed E-state index contributed by atoms with van der Waals surface area (Å²) in [4.78, 5) is 15.1. The summed E-state index contributed by atoms with van der Waals surface area (Å²) in [7, 11) is 0. The predicted molar refractivity (Wildman–Crippen MR) is 202 cm³/mol. The summed E-state index contributed by atoms with van der Waals surface area (Å²) in [5.74, 6) is 1.85. The van der Waals surface area contributed by atoms with Crippen molar-refractivity contribution in [3.63, 3.8) is 0 Å². The lowest BCUT2D eigenvalue weighted by molar-refractivity contribution is 0.668. The van der Waals surface area contributed by atoms with Crippen molar-refractivity contribution in [1.29, 1.82) is 0 Å². The van der Waals surface area contributed by atoms with E-state index in [1.165, 1.54) is 11.1 Å². The summed E-state index contributed by atoms with van der Waals surface area (Å²) < 4.78 is 12.9. The van der Waals surface area contributed by atoms with Gasteiger partial charge in [-0.3, -0.25) is 0 Å². The Labute approximate surface area is 287 Å². The Morgan fingerprint density at radius 1 is 0.440 bits per heavy atom. The lowest BCUT2D eigenvalue weighted by Crippen LogP contribution is -2.00. The number of hydrogen-bond acceptors (Lipinski definition) is 5. The number of nitrogens with zero attached hydrogens (tertiary/aromatic N) is 3. The molecule has 0 bridgehead atoms. The summed E-state index contributed by atoms with van der Waals surface area (Å²) in [6.45, 7) is 0. The van der Waals surface area contributed by atoms with Gasteiger partial charge < -0.3 is 8.83 Å². The predicted octanol–water partition coefficient (Wildman–Crippen LogP) is 12.1. The zero-order valence-electron chi connectivity index (χ0n) is 27.0. The van der Waals surface area contributed by atoms with Gasteiger partial charge in [0.2, 0.25) is 0 Å². The van der Waals surface area contributed by atoms with Crippen molar-refractivity contribution in [2.75, 3.05) is 0 Å². The monoisotopic (exact) mass is 643 g/mol. The quantitative estimate of drug-likeness (QED) is 0.187. The first kappa shape index (κ1) is 28.4. The van der Waals surface area contributed by atoms with E-state index in [1.54, 1.807) is 0 Å². The molecule has 5 heteroatoms. The van der Waals surface area contributed by atoms with Crippen molar-refractivity contribution in [3.8, 4) is 45.3 Å². The number of aromatic nitrogens is 3. The molecule has 3 aromatic heterocycles. The van der Waals surface area contributed by atoms with Crippen molar-refractivity contribution in [2.45, 2.75) is 12.8 Å². The van der Waals surface area contributed by atoms with Crippen LogP contribution in [0.2, 0.25) is 0 Å². The van der Waals surface area contributed by atoms with Crippen LogP contribution in [0.4, 0.5) is 0 Å². The normalized spacial score (nSPS) is 13.1. The fourth-order valence-corrected chi connectivity index (χ4v) is 7.14. The number of para-hydroxylation sites is 2. The number of furan rings is 2. The zero-order chi connectivity index (χ0) is 33.0. The van der Waals surface area contributed by atoms with Crippen LogP contribution < -0.4 is 0 Å². The molecule has 3 heterocycles. The molecule has 0 unspecified atom stereocenters. The van der Waals surface area contributed by atoms with Crippen LogP contribution >= 0.6 is 0 Å². The highest BCUT2D eigenvalue weighted by Crippen LogP contribution is 2.40. The molecule has 0 amide bonds. The first-order chi connectivity index (χ1) is 24.8. The molecule has 236 valence electrons. The van der Waals surface area contributed by atoms with Crippen molar-refractivity contribution >= 4 is 49.5 Å². The second-order valence-electron chi connectivity index (χ2n) is 12.7. The van der Waals surface area contributed by atoms with Gasteiger partial charge in [0.05, 0.1) is 0 Å². The Morgan fingerprint density at radius 3 is 1.96 bits per heavy atom. The average Bonchev–Trinajstić information content (AvgIpc) is 3.77. The van der Waals surface area contributed by atoms with Gasteiger partial charge in [-0.1, -0.05) is 127 Å². The van der Waals surface area contributed by atoms with Gasteiger partial charge in [0.15, 0.2) is 17.5 Å². The summed E-state index contributed by atoms with van der Waals surface area (Å²) in [5.41, 5.74) is 10.6. The molecule has 0 N–H and O–H groups in total. The van der Waals surface area contributed by atoms with Crippen LogP contribution in [0.5, 0.6) is 0 Å². The average molecular weight is 644 g/mol. The van der Waals surface area contributed by atoms with Gasteiger partial charge in [0.25, 0.3) is 0 Å². The van der Waals surface area contributed by atoms with E-state index in [2.05, 4.69) is 91.0 Å². The van der Waals surface area contributed by atoms with E-state index >= 15 is 0 Å². The third-order valence-corrected chi connectivity index (χ3v) is 9.59. The maximum absolute atomic E-state index is 6.54. The Balaban J connectivity index is 1.12. The number of benzene rings is 6. The Morgan fingerprint density at radius 2 is 1.12 bits per heavy atom. The summed E-state index contributed by atoms with van der Waals surface area (Å²) in [6, 6.07) is 45.5. The SMILES string of the molecule is C1=CC(c2ccc(-c3nc(-c4ccccc4)nc(-c4cccc5oc6cc(-c7cccc8c7oc7ccccc78)ccc6c45)n3)cc2)=CCC1. The molecule has 0 atom stereocenters. The molecule has 0 saturated carbocycles. The fraction of sp³-hybridized carbons (Fsp3) is 0.0444. The summed E-state index contributed by atoms with van der Waals surface area (Å²) in [5, 5.41) is 4.18. The maximum Gasteiger partial charge on any atom is 0.164 e. The first-order valence-electron chi connectivity index (χ1n) is 16.9. The van der Waals surface area contributed by atoms with Crippen molar-refractivity contribution < 1.29 is 8.83 Å². The lowest BCUT2D eigenvalue weighted by Gasteiger charge is -2.11. The highest BCUT2D eigenvalue weighted by atomic mass is 16.3. The van der Waals surface area contributed by atoms with Gasteiger partial charge >= 0.3 is 0 Å². The fourth-order valence-electron chi connectivity index (χ4n) is 7.14. The molecule has 10 rings (SSSR count). The van der Waals surface area contributed by atoms with E-state index in [9.17, 15) is 0 Å². The smallest absolute Gasteiger partial charge is 0.164 e. The Hall–Kier alpha value is -6.59. The highest BCUT2D eigenvalue weighted by Gasteiger charge is 2.19. The molecule has 0 spiro atoms. The van der Waals surface area contributed by atoms with Crippen LogP contribution in [0.3, 0.4) is 0 Å². The molecule has 1 aliphatic rings. The minimum Gasteiger partial charge on any atom is -0.456 e. The second kappa shape index (κ2) is 11.5. The van der Waals surface area contributed by atoms with E-state index in [0.717, 1.165) is 84.5 Å². The molecule has 0 saturated heterocycles. The number of fused-ring (bicyclic) bond motifs is 6. The number of rotatable bonds is 5. The third-order valence-electron chi connectivity index (χ3n) is 9.59. The summed E-state index contributed by atoms with van der Waals surface area (Å²) in [6.07, 6.45) is 8.89. The highest BCUT2D eigenvalue weighted by molar-refractivity contribution is 6.14. The lowest BCUT2D eigenvalue weighted by atomic mass is 9.98. The molecule has 0 fully saturated rings. The van der Waals surface area contributed by atoms with Gasteiger partial charge in [-0.2, -0.15) is 0 Å². The van der Waals surface area contributed by atoms with Gasteiger partial charge in [0.1, 0.15) is 22.3 Å². The maximum atomic E-state index is 6.54. The van der Waals surface area contributed by atoms with Crippen LogP contribution in [0.25, 0.3) is 94.7 Å². The molecule has 5 nitrogen and oxygen atoms in total. The minimum atomic E-state index is 0.597. The second-order valence-corrected chi connectivity index (χ2v) is 12.7. The third kappa shape index (κ3) is 4.74. The van der Waals surface area contributed by atoms with E-state index in [1.807, 2.05) is 60.7 Å². The molecule has 0 aliphatic heterocycles.